The molecule has 4 nitrogen and oxygen atoms in total. The molecule has 1 unspecified atom stereocenters. The normalized spacial score (nSPS) is 18.2. The number of halogens is 1. The van der Waals surface area contributed by atoms with Gasteiger partial charge in [0.05, 0.1) is 6.04 Å². The van der Waals surface area contributed by atoms with Gasteiger partial charge in [-0.05, 0) is 37.0 Å². The molecule has 6 heteroatoms. The molecule has 2 aliphatic rings. The number of fused-ring (bicyclic) bond motifs is 1. The molecule has 0 saturated heterocycles. The molecule has 136 valence electrons. The zero-order valence-electron chi connectivity index (χ0n) is 14.5. The lowest BCUT2D eigenvalue weighted by Gasteiger charge is -2.34. The van der Waals surface area contributed by atoms with Gasteiger partial charge in [0.1, 0.15) is 5.82 Å². The molecule has 0 amide bonds. The number of carbonyl (C=O) groups excluding carboxylic acids is 2. The van der Waals surface area contributed by atoms with Gasteiger partial charge in [0.15, 0.2) is 10.8 Å². The summed E-state index contributed by atoms with van der Waals surface area (Å²) in [6.45, 7) is 2.63. The van der Waals surface area contributed by atoms with Gasteiger partial charge in [-0.3, -0.25) is 14.5 Å². The average Bonchev–Trinajstić information content (AvgIpc) is 3.37. The summed E-state index contributed by atoms with van der Waals surface area (Å²) >= 11 is 1.43. The van der Waals surface area contributed by atoms with Crippen LogP contribution in [0.2, 0.25) is 0 Å². The fourth-order valence-corrected chi connectivity index (χ4v) is 4.67. The van der Waals surface area contributed by atoms with Crippen LogP contribution < -0.4 is 4.74 Å². The van der Waals surface area contributed by atoms with Crippen LogP contribution in [0.4, 0.5) is 4.39 Å². The van der Waals surface area contributed by atoms with Crippen molar-refractivity contribution >= 4 is 23.1 Å². The monoisotopic (exact) mass is 373 g/mol. The highest BCUT2D eigenvalue weighted by atomic mass is 32.1. The zero-order chi connectivity index (χ0) is 18.3. The summed E-state index contributed by atoms with van der Waals surface area (Å²) < 4.78 is 19.6. The number of thiophene rings is 1. The first-order chi connectivity index (χ1) is 12.5. The lowest BCUT2D eigenvalue weighted by Crippen LogP contribution is -2.38. The number of hydrogen-bond acceptors (Lipinski definition) is 5. The number of hydrogen-bond donors (Lipinski definition) is 0. The minimum atomic E-state index is -0.545. The maximum Gasteiger partial charge on any atom is 0.308 e. The molecule has 26 heavy (non-hydrogen) atoms. The zero-order valence-corrected chi connectivity index (χ0v) is 15.4. The van der Waals surface area contributed by atoms with Gasteiger partial charge in [-0.15, -0.1) is 11.3 Å². The van der Waals surface area contributed by atoms with E-state index in [-0.39, 0.29) is 23.5 Å². The summed E-state index contributed by atoms with van der Waals surface area (Å²) in [5.74, 6) is -0.492. The lowest BCUT2D eigenvalue weighted by molar-refractivity contribution is -0.131. The first kappa shape index (κ1) is 17.4. The van der Waals surface area contributed by atoms with Crippen LogP contribution in [0.1, 0.15) is 41.8 Å². The fraction of sp³-hybridized carbons (Fsp3) is 0.400. The Morgan fingerprint density at radius 3 is 2.77 bits per heavy atom. The van der Waals surface area contributed by atoms with E-state index in [1.807, 2.05) is 6.07 Å². The van der Waals surface area contributed by atoms with Crippen molar-refractivity contribution in [1.82, 2.24) is 4.90 Å². The molecule has 0 spiro atoms. The predicted molar refractivity (Wildman–Crippen MR) is 96.6 cm³/mol. The van der Waals surface area contributed by atoms with Gasteiger partial charge in [0, 0.05) is 36.4 Å². The second-order valence-electron chi connectivity index (χ2n) is 6.93. The molecule has 1 saturated carbocycles. The highest BCUT2D eigenvalue weighted by Crippen LogP contribution is 2.41. The van der Waals surface area contributed by atoms with E-state index in [2.05, 4.69) is 4.90 Å². The highest BCUT2D eigenvalue weighted by molar-refractivity contribution is 7.14. The topological polar surface area (TPSA) is 46.6 Å². The largest absolute Gasteiger partial charge is 0.416 e. The Labute approximate surface area is 155 Å². The molecule has 1 aliphatic carbocycles. The number of nitrogens with zero attached hydrogens (tertiary/aromatic N) is 1. The number of ether oxygens (including phenoxy) is 1. The Kier molecular flexibility index (Phi) is 4.63. The van der Waals surface area contributed by atoms with Crippen molar-refractivity contribution in [1.29, 1.82) is 0 Å². The summed E-state index contributed by atoms with van der Waals surface area (Å²) in [6, 6.07) is 7.92. The summed E-state index contributed by atoms with van der Waals surface area (Å²) in [4.78, 5) is 27.3. The molecular formula is C20H20FNO3S. The molecule has 2 heterocycles. The van der Waals surface area contributed by atoms with E-state index in [9.17, 15) is 14.0 Å². The molecule has 0 bridgehead atoms. The van der Waals surface area contributed by atoms with Crippen LogP contribution in [0.25, 0.3) is 0 Å². The van der Waals surface area contributed by atoms with Crippen molar-refractivity contribution in [2.75, 3.05) is 6.54 Å². The molecule has 1 aliphatic heterocycles. The molecule has 0 N–H and O–H groups in total. The Bertz CT molecular complexity index is 858. The van der Waals surface area contributed by atoms with Gasteiger partial charge in [-0.1, -0.05) is 18.2 Å². The van der Waals surface area contributed by atoms with Crippen molar-refractivity contribution in [3.8, 4) is 5.06 Å². The number of rotatable bonds is 5. The van der Waals surface area contributed by atoms with Crippen LogP contribution in [0.15, 0.2) is 30.3 Å². The van der Waals surface area contributed by atoms with E-state index in [0.717, 1.165) is 29.7 Å². The Morgan fingerprint density at radius 1 is 1.31 bits per heavy atom. The van der Waals surface area contributed by atoms with Crippen molar-refractivity contribution in [2.24, 2.45) is 5.92 Å². The summed E-state index contributed by atoms with van der Waals surface area (Å²) in [5.41, 5.74) is 1.61. The van der Waals surface area contributed by atoms with E-state index < -0.39 is 6.04 Å². The van der Waals surface area contributed by atoms with Gasteiger partial charge < -0.3 is 4.74 Å². The van der Waals surface area contributed by atoms with Crippen LogP contribution in [-0.4, -0.2) is 23.2 Å². The minimum absolute atomic E-state index is 0.0564. The predicted octanol–water partition coefficient (Wildman–Crippen LogP) is 3.89. The van der Waals surface area contributed by atoms with Gasteiger partial charge in [0.2, 0.25) is 0 Å². The van der Waals surface area contributed by atoms with E-state index in [1.165, 1.54) is 24.3 Å². The molecular weight excluding hydrogens is 353 g/mol. The standard InChI is InChI=1S/C20H20FNO3S/c1-12(23)25-18-10-14-8-9-22(11-17(14)26-18)19(20(24)13-6-7-13)15-4-2-3-5-16(15)21/h2-5,10,13,19H,6-9,11H2,1H3. The first-order valence-corrected chi connectivity index (χ1v) is 9.67. The molecule has 0 radical (unpaired) electrons. The SMILES string of the molecule is CC(=O)Oc1cc2c(s1)CN(C(C(=O)C1CC1)c1ccccc1F)CC2. The van der Waals surface area contributed by atoms with E-state index in [4.69, 9.17) is 4.74 Å². The number of Topliss-reactive ketones (excluding diaryl/α,β-unsaturated/α-hetero) is 1. The minimum Gasteiger partial charge on any atom is -0.416 e. The fourth-order valence-electron chi connectivity index (χ4n) is 3.54. The average molecular weight is 373 g/mol. The Hall–Kier alpha value is -2.05. The van der Waals surface area contributed by atoms with Crippen molar-refractivity contribution < 1.29 is 18.7 Å². The molecule has 4 rings (SSSR count). The van der Waals surface area contributed by atoms with E-state index >= 15 is 0 Å². The number of esters is 1. The third kappa shape index (κ3) is 3.44. The lowest BCUT2D eigenvalue weighted by atomic mass is 9.95. The van der Waals surface area contributed by atoms with Crippen molar-refractivity contribution in [3.63, 3.8) is 0 Å². The first-order valence-electron chi connectivity index (χ1n) is 8.85. The molecule has 1 aromatic carbocycles. The third-order valence-electron chi connectivity index (χ3n) is 4.95. The van der Waals surface area contributed by atoms with Crippen LogP contribution in [0.5, 0.6) is 5.06 Å². The van der Waals surface area contributed by atoms with Crippen LogP contribution in [0, 0.1) is 11.7 Å². The van der Waals surface area contributed by atoms with Gasteiger partial charge >= 0.3 is 5.97 Å². The van der Waals surface area contributed by atoms with Crippen LogP contribution in [-0.2, 0) is 22.6 Å². The van der Waals surface area contributed by atoms with Crippen molar-refractivity contribution in [3.05, 3.63) is 52.2 Å². The molecule has 1 aromatic heterocycles. The second-order valence-corrected chi connectivity index (χ2v) is 8.03. The van der Waals surface area contributed by atoms with Crippen molar-refractivity contribution in [2.45, 2.75) is 38.8 Å². The number of benzene rings is 1. The maximum atomic E-state index is 14.4. The molecule has 2 aromatic rings. The van der Waals surface area contributed by atoms with E-state index in [1.54, 1.807) is 18.2 Å². The second kappa shape index (κ2) is 6.93. The summed E-state index contributed by atoms with van der Waals surface area (Å²) in [5, 5.41) is 0.584. The van der Waals surface area contributed by atoms with E-state index in [0.29, 0.717) is 23.7 Å². The van der Waals surface area contributed by atoms with Crippen LogP contribution >= 0.6 is 11.3 Å². The third-order valence-corrected chi connectivity index (χ3v) is 5.99. The van der Waals surface area contributed by atoms with Gasteiger partial charge in [0.25, 0.3) is 0 Å². The Balaban J connectivity index is 1.63. The highest BCUT2D eigenvalue weighted by Gasteiger charge is 2.40. The quantitative estimate of drug-likeness (QED) is 0.746. The number of ketones is 1. The molecule has 1 fully saturated rings. The van der Waals surface area contributed by atoms with Crippen LogP contribution in [0.3, 0.4) is 0 Å². The smallest absolute Gasteiger partial charge is 0.308 e. The number of carbonyl (C=O) groups is 2. The molecule has 1 atom stereocenters. The van der Waals surface area contributed by atoms with Gasteiger partial charge in [-0.25, -0.2) is 4.39 Å². The Morgan fingerprint density at radius 2 is 2.08 bits per heavy atom. The van der Waals surface area contributed by atoms with Gasteiger partial charge in [-0.2, -0.15) is 0 Å². The summed E-state index contributed by atoms with van der Waals surface area (Å²) in [7, 11) is 0. The maximum absolute atomic E-state index is 14.4. The summed E-state index contributed by atoms with van der Waals surface area (Å²) in [6.07, 6.45) is 2.56.